The molecule has 1 unspecified atom stereocenters. The average molecular weight is 266 g/mol. The van der Waals surface area contributed by atoms with E-state index < -0.39 is 12.0 Å². The summed E-state index contributed by atoms with van der Waals surface area (Å²) in [5, 5.41) is 20.2. The second-order valence-electron chi connectivity index (χ2n) is 4.27. The number of rotatable bonds is 7. The van der Waals surface area contributed by atoms with Crippen LogP contribution in [0.15, 0.2) is 24.3 Å². The van der Waals surface area contributed by atoms with Crippen LogP contribution in [0.5, 0.6) is 5.75 Å². The summed E-state index contributed by atoms with van der Waals surface area (Å²) in [5.41, 5.74) is 6.59. The lowest BCUT2D eigenvalue weighted by Gasteiger charge is -2.12. The summed E-state index contributed by atoms with van der Waals surface area (Å²) in [6.07, 6.45) is 0.769. The van der Waals surface area contributed by atoms with Gasteiger partial charge in [0.05, 0.1) is 6.04 Å². The lowest BCUT2D eigenvalue weighted by molar-refractivity contribution is -0.137. The Bertz CT molecular complexity index is 431. The molecule has 1 aromatic rings. The van der Waals surface area contributed by atoms with Crippen LogP contribution in [0.4, 0.5) is 0 Å². The number of aliphatic carboxylic acids is 1. The van der Waals surface area contributed by atoms with Crippen LogP contribution < -0.4 is 11.1 Å². The second kappa shape index (κ2) is 7.38. The Morgan fingerprint density at radius 3 is 2.47 bits per heavy atom. The molecule has 1 amide bonds. The Hall–Kier alpha value is -2.08. The van der Waals surface area contributed by atoms with Crippen molar-refractivity contribution < 1.29 is 19.8 Å². The number of phenols is 1. The summed E-state index contributed by atoms with van der Waals surface area (Å²) in [4.78, 5) is 21.9. The van der Waals surface area contributed by atoms with E-state index in [2.05, 4.69) is 5.32 Å². The number of aromatic hydroxyl groups is 1. The fourth-order valence-electron chi connectivity index (χ4n) is 1.56. The highest BCUT2D eigenvalue weighted by Crippen LogP contribution is 2.10. The van der Waals surface area contributed by atoms with Gasteiger partial charge >= 0.3 is 5.97 Å². The van der Waals surface area contributed by atoms with E-state index in [9.17, 15) is 9.59 Å². The predicted octanol–water partition coefficient (Wildman–Crippen LogP) is 0.243. The molecule has 1 atom stereocenters. The molecular formula is C13H18N2O4. The lowest BCUT2D eigenvalue weighted by Crippen LogP contribution is -2.42. The monoisotopic (exact) mass is 266 g/mol. The first-order valence-corrected chi connectivity index (χ1v) is 6.02. The van der Waals surface area contributed by atoms with Crippen molar-refractivity contribution in [2.45, 2.75) is 25.3 Å². The molecule has 0 spiro atoms. The zero-order valence-corrected chi connectivity index (χ0v) is 10.5. The molecule has 6 heteroatoms. The molecule has 1 aromatic carbocycles. The van der Waals surface area contributed by atoms with E-state index in [1.165, 1.54) is 12.1 Å². The largest absolute Gasteiger partial charge is 0.508 e. The van der Waals surface area contributed by atoms with Crippen LogP contribution >= 0.6 is 0 Å². The summed E-state index contributed by atoms with van der Waals surface area (Å²) in [5.74, 6) is -1.03. The zero-order chi connectivity index (χ0) is 14.3. The van der Waals surface area contributed by atoms with Crippen LogP contribution in [-0.4, -0.2) is 34.7 Å². The van der Waals surface area contributed by atoms with Crippen molar-refractivity contribution in [2.75, 3.05) is 6.54 Å². The van der Waals surface area contributed by atoms with E-state index in [1.807, 2.05) is 0 Å². The number of nitrogens with two attached hydrogens (primary N) is 1. The topological polar surface area (TPSA) is 113 Å². The number of hydrogen-bond donors (Lipinski definition) is 4. The van der Waals surface area contributed by atoms with Gasteiger partial charge in [0.1, 0.15) is 5.75 Å². The highest BCUT2D eigenvalue weighted by atomic mass is 16.4. The van der Waals surface area contributed by atoms with Crippen molar-refractivity contribution in [2.24, 2.45) is 5.73 Å². The molecule has 0 heterocycles. The maximum atomic E-state index is 11.6. The standard InChI is InChI=1S/C13H18N2O4/c14-11(8-9-3-5-10(16)6-4-9)13(19)15-7-1-2-12(17)18/h3-6,11,16H,1-2,7-8,14H2,(H,15,19)(H,17,18). The van der Waals surface area contributed by atoms with Crippen LogP contribution in [0.25, 0.3) is 0 Å². The van der Waals surface area contributed by atoms with Gasteiger partial charge in [-0.25, -0.2) is 0 Å². The molecule has 19 heavy (non-hydrogen) atoms. The van der Waals surface area contributed by atoms with Gasteiger partial charge in [0.15, 0.2) is 0 Å². The fraction of sp³-hybridized carbons (Fsp3) is 0.385. The Labute approximate surface area is 111 Å². The first kappa shape index (κ1) is 15.0. The van der Waals surface area contributed by atoms with Gasteiger partial charge in [0.25, 0.3) is 0 Å². The van der Waals surface area contributed by atoms with Crippen molar-refractivity contribution >= 4 is 11.9 Å². The number of phenolic OH excluding ortho intramolecular Hbond substituents is 1. The number of carbonyl (C=O) groups is 2. The second-order valence-corrected chi connectivity index (χ2v) is 4.27. The third-order valence-corrected chi connectivity index (χ3v) is 2.60. The molecule has 0 radical (unpaired) electrons. The van der Waals surface area contributed by atoms with Crippen molar-refractivity contribution in [3.63, 3.8) is 0 Å². The first-order valence-electron chi connectivity index (χ1n) is 6.02. The minimum atomic E-state index is -0.886. The van der Waals surface area contributed by atoms with E-state index >= 15 is 0 Å². The summed E-state index contributed by atoms with van der Waals surface area (Å²) in [7, 11) is 0. The van der Waals surface area contributed by atoms with E-state index in [-0.39, 0.29) is 18.1 Å². The first-order chi connectivity index (χ1) is 8.99. The van der Waals surface area contributed by atoms with Gasteiger partial charge in [0.2, 0.25) is 5.91 Å². The smallest absolute Gasteiger partial charge is 0.303 e. The van der Waals surface area contributed by atoms with E-state index in [0.717, 1.165) is 5.56 Å². The average Bonchev–Trinajstić information content (AvgIpc) is 2.36. The molecule has 0 aliphatic heterocycles. The minimum Gasteiger partial charge on any atom is -0.508 e. The number of carboxylic acids is 1. The SMILES string of the molecule is NC(Cc1ccc(O)cc1)C(=O)NCCCC(=O)O. The van der Waals surface area contributed by atoms with Gasteiger partial charge in [-0.1, -0.05) is 12.1 Å². The normalized spacial score (nSPS) is 11.8. The van der Waals surface area contributed by atoms with Gasteiger partial charge in [-0.2, -0.15) is 0 Å². The highest BCUT2D eigenvalue weighted by molar-refractivity contribution is 5.81. The number of carboxylic acid groups (broad SMARTS) is 1. The Morgan fingerprint density at radius 2 is 1.89 bits per heavy atom. The lowest BCUT2D eigenvalue weighted by atomic mass is 10.1. The molecule has 6 nitrogen and oxygen atoms in total. The Morgan fingerprint density at radius 1 is 1.26 bits per heavy atom. The van der Waals surface area contributed by atoms with Gasteiger partial charge < -0.3 is 21.3 Å². The molecule has 0 aliphatic carbocycles. The zero-order valence-electron chi connectivity index (χ0n) is 10.5. The van der Waals surface area contributed by atoms with Crippen molar-refractivity contribution in [3.05, 3.63) is 29.8 Å². The molecule has 104 valence electrons. The summed E-state index contributed by atoms with van der Waals surface area (Å²) in [6.45, 7) is 0.300. The number of nitrogens with one attached hydrogen (secondary N) is 1. The third kappa shape index (κ3) is 5.87. The van der Waals surface area contributed by atoms with Gasteiger partial charge in [-0.3, -0.25) is 9.59 Å². The number of amides is 1. The molecule has 1 rings (SSSR count). The number of benzene rings is 1. The van der Waals surface area contributed by atoms with Crippen LogP contribution in [0.3, 0.4) is 0 Å². The molecule has 0 saturated carbocycles. The Kier molecular flexibility index (Phi) is 5.81. The van der Waals surface area contributed by atoms with Crippen LogP contribution in [0.1, 0.15) is 18.4 Å². The molecular weight excluding hydrogens is 248 g/mol. The van der Waals surface area contributed by atoms with E-state index in [0.29, 0.717) is 19.4 Å². The molecule has 5 N–H and O–H groups in total. The third-order valence-electron chi connectivity index (χ3n) is 2.60. The van der Waals surface area contributed by atoms with Crippen molar-refractivity contribution in [3.8, 4) is 5.75 Å². The Balaban J connectivity index is 2.32. The minimum absolute atomic E-state index is 0.0213. The number of hydrogen-bond acceptors (Lipinski definition) is 4. The fourth-order valence-corrected chi connectivity index (χ4v) is 1.56. The molecule has 0 fully saturated rings. The molecule has 0 aromatic heterocycles. The van der Waals surface area contributed by atoms with Crippen molar-refractivity contribution in [1.29, 1.82) is 0 Å². The van der Waals surface area contributed by atoms with Crippen molar-refractivity contribution in [1.82, 2.24) is 5.32 Å². The molecule has 0 saturated heterocycles. The summed E-state index contributed by atoms with van der Waals surface area (Å²) >= 11 is 0. The predicted molar refractivity (Wildman–Crippen MR) is 69.7 cm³/mol. The number of carbonyl (C=O) groups excluding carboxylic acids is 1. The van der Waals surface area contributed by atoms with E-state index in [1.54, 1.807) is 12.1 Å². The van der Waals surface area contributed by atoms with Crippen LogP contribution in [0.2, 0.25) is 0 Å². The maximum Gasteiger partial charge on any atom is 0.303 e. The molecule has 0 aliphatic rings. The molecule has 0 bridgehead atoms. The quantitative estimate of drug-likeness (QED) is 0.528. The summed E-state index contributed by atoms with van der Waals surface area (Å²) in [6, 6.07) is 5.79. The van der Waals surface area contributed by atoms with Gasteiger partial charge in [-0.15, -0.1) is 0 Å². The van der Waals surface area contributed by atoms with E-state index in [4.69, 9.17) is 15.9 Å². The van der Waals surface area contributed by atoms with Gasteiger partial charge in [0, 0.05) is 13.0 Å². The summed E-state index contributed by atoms with van der Waals surface area (Å²) < 4.78 is 0. The van der Waals surface area contributed by atoms with Crippen LogP contribution in [-0.2, 0) is 16.0 Å². The maximum absolute atomic E-state index is 11.6. The van der Waals surface area contributed by atoms with Crippen LogP contribution in [0, 0.1) is 0 Å². The van der Waals surface area contributed by atoms with Gasteiger partial charge in [-0.05, 0) is 30.5 Å². The highest BCUT2D eigenvalue weighted by Gasteiger charge is 2.13.